The van der Waals surface area contributed by atoms with Gasteiger partial charge in [-0.2, -0.15) is 0 Å². The first kappa shape index (κ1) is 13.7. The van der Waals surface area contributed by atoms with Gasteiger partial charge in [0.05, 0.1) is 11.5 Å². The molecule has 0 saturated carbocycles. The third kappa shape index (κ3) is 4.16. The van der Waals surface area contributed by atoms with Crippen LogP contribution < -0.4 is 10.6 Å². The smallest absolute Gasteiger partial charge is 0.261 e. The molecule has 0 aliphatic carbocycles. The molecule has 1 heterocycles. The zero-order chi connectivity index (χ0) is 12.8. The van der Waals surface area contributed by atoms with Crippen LogP contribution in [0.3, 0.4) is 0 Å². The van der Waals surface area contributed by atoms with Crippen LogP contribution in [-0.2, 0) is 4.79 Å². The number of carbonyl (C=O) groups excluding carboxylic acids is 2. The number of amides is 2. The summed E-state index contributed by atoms with van der Waals surface area (Å²) in [5, 5.41) is 15.8. The molecule has 0 radical (unpaired) electrons. The van der Waals surface area contributed by atoms with Gasteiger partial charge in [0.25, 0.3) is 5.91 Å². The molecule has 1 aromatic rings. The average Bonchev–Trinajstić information content (AvgIpc) is 2.82. The van der Waals surface area contributed by atoms with Crippen molar-refractivity contribution in [1.82, 2.24) is 10.6 Å². The predicted molar refractivity (Wildman–Crippen MR) is 65.9 cm³/mol. The normalized spacial score (nSPS) is 13.8. The highest BCUT2D eigenvalue weighted by Gasteiger charge is 2.18. The molecule has 3 N–H and O–H groups in total. The van der Waals surface area contributed by atoms with Crippen LogP contribution in [0.15, 0.2) is 17.5 Å². The molecule has 0 bridgehead atoms. The number of rotatable bonds is 5. The molecule has 1 unspecified atom stereocenters. The van der Waals surface area contributed by atoms with E-state index in [1.807, 2.05) is 0 Å². The standard InChI is InChI=1S/C11H16N2O3S/c1-7(6-14)12-10(15)8(2)13-11(16)9-4-3-5-17-9/h3-5,7-8,14H,6H2,1-2H3,(H,12,15)(H,13,16)/t7-,8?/m0/s1. The number of hydrogen-bond acceptors (Lipinski definition) is 4. The Kier molecular flexibility index (Phi) is 5.11. The Labute approximate surface area is 104 Å². The van der Waals surface area contributed by atoms with Crippen molar-refractivity contribution >= 4 is 23.2 Å². The predicted octanol–water partition coefficient (Wildman–Crippen LogP) is 0.363. The van der Waals surface area contributed by atoms with Crippen molar-refractivity contribution < 1.29 is 14.7 Å². The van der Waals surface area contributed by atoms with Gasteiger partial charge in [-0.25, -0.2) is 0 Å². The summed E-state index contributed by atoms with van der Waals surface area (Å²) in [5.74, 6) is -0.573. The van der Waals surface area contributed by atoms with E-state index in [0.29, 0.717) is 4.88 Å². The van der Waals surface area contributed by atoms with Crippen molar-refractivity contribution in [1.29, 1.82) is 0 Å². The van der Waals surface area contributed by atoms with E-state index in [4.69, 9.17) is 5.11 Å². The molecule has 17 heavy (non-hydrogen) atoms. The molecule has 94 valence electrons. The fraction of sp³-hybridized carbons (Fsp3) is 0.455. The number of aliphatic hydroxyl groups is 1. The Morgan fingerprint density at radius 3 is 2.65 bits per heavy atom. The Morgan fingerprint density at radius 1 is 1.41 bits per heavy atom. The Hall–Kier alpha value is -1.40. The lowest BCUT2D eigenvalue weighted by Crippen LogP contribution is -2.48. The second-order valence-electron chi connectivity index (χ2n) is 3.76. The molecule has 2 atom stereocenters. The zero-order valence-corrected chi connectivity index (χ0v) is 10.6. The van der Waals surface area contributed by atoms with Crippen molar-refractivity contribution in [2.45, 2.75) is 25.9 Å². The summed E-state index contributed by atoms with van der Waals surface area (Å²) in [5.41, 5.74) is 0. The van der Waals surface area contributed by atoms with Crippen molar-refractivity contribution in [3.8, 4) is 0 Å². The van der Waals surface area contributed by atoms with Crippen LogP contribution in [0.5, 0.6) is 0 Å². The lowest BCUT2D eigenvalue weighted by atomic mass is 10.2. The summed E-state index contributed by atoms with van der Waals surface area (Å²) < 4.78 is 0. The molecular weight excluding hydrogens is 240 g/mol. The minimum Gasteiger partial charge on any atom is -0.394 e. The number of hydrogen-bond donors (Lipinski definition) is 3. The molecule has 1 rings (SSSR count). The summed E-state index contributed by atoms with van der Waals surface area (Å²) in [4.78, 5) is 23.8. The molecule has 6 heteroatoms. The largest absolute Gasteiger partial charge is 0.394 e. The van der Waals surface area contributed by atoms with Gasteiger partial charge in [-0.3, -0.25) is 9.59 Å². The van der Waals surface area contributed by atoms with Gasteiger partial charge < -0.3 is 15.7 Å². The first-order valence-electron chi connectivity index (χ1n) is 5.30. The van der Waals surface area contributed by atoms with Gasteiger partial charge in [0, 0.05) is 6.04 Å². The summed E-state index contributed by atoms with van der Waals surface area (Å²) >= 11 is 1.32. The van der Waals surface area contributed by atoms with E-state index in [9.17, 15) is 9.59 Å². The van der Waals surface area contributed by atoms with Gasteiger partial charge in [0.1, 0.15) is 6.04 Å². The van der Waals surface area contributed by atoms with Crippen LogP contribution >= 0.6 is 11.3 Å². The topological polar surface area (TPSA) is 78.4 Å². The molecule has 0 fully saturated rings. The van der Waals surface area contributed by atoms with E-state index >= 15 is 0 Å². The van der Waals surface area contributed by atoms with Crippen LogP contribution in [0.1, 0.15) is 23.5 Å². The van der Waals surface area contributed by atoms with Crippen LogP contribution in [0.25, 0.3) is 0 Å². The molecule has 5 nitrogen and oxygen atoms in total. The Morgan fingerprint density at radius 2 is 2.12 bits per heavy atom. The molecule has 0 aromatic carbocycles. The maximum Gasteiger partial charge on any atom is 0.261 e. The quantitative estimate of drug-likeness (QED) is 0.712. The summed E-state index contributed by atoms with van der Waals surface area (Å²) in [6.07, 6.45) is 0. The lowest BCUT2D eigenvalue weighted by molar-refractivity contribution is -0.123. The van der Waals surface area contributed by atoms with Crippen LogP contribution in [0, 0.1) is 0 Å². The Balaban J connectivity index is 2.46. The number of carbonyl (C=O) groups is 2. The van der Waals surface area contributed by atoms with E-state index < -0.39 is 6.04 Å². The van der Waals surface area contributed by atoms with E-state index in [1.54, 1.807) is 31.4 Å². The minimum absolute atomic E-state index is 0.128. The van der Waals surface area contributed by atoms with Gasteiger partial charge >= 0.3 is 0 Å². The monoisotopic (exact) mass is 256 g/mol. The fourth-order valence-electron chi connectivity index (χ4n) is 1.15. The molecule has 0 spiro atoms. The van der Waals surface area contributed by atoms with Crippen LogP contribution in [0.4, 0.5) is 0 Å². The van der Waals surface area contributed by atoms with Gasteiger partial charge in [-0.1, -0.05) is 6.07 Å². The van der Waals surface area contributed by atoms with Crippen molar-refractivity contribution in [3.63, 3.8) is 0 Å². The third-order valence-electron chi connectivity index (χ3n) is 2.15. The highest BCUT2D eigenvalue weighted by Crippen LogP contribution is 2.08. The van der Waals surface area contributed by atoms with Crippen molar-refractivity contribution in [3.05, 3.63) is 22.4 Å². The average molecular weight is 256 g/mol. The molecule has 2 amide bonds. The highest BCUT2D eigenvalue weighted by atomic mass is 32.1. The van der Waals surface area contributed by atoms with Gasteiger partial charge in [0.2, 0.25) is 5.91 Å². The Bertz CT molecular complexity index is 378. The third-order valence-corrected chi connectivity index (χ3v) is 3.02. The maximum atomic E-state index is 11.6. The lowest BCUT2D eigenvalue weighted by Gasteiger charge is -2.16. The van der Waals surface area contributed by atoms with E-state index in [1.165, 1.54) is 11.3 Å². The van der Waals surface area contributed by atoms with Crippen molar-refractivity contribution in [2.75, 3.05) is 6.61 Å². The summed E-state index contributed by atoms with van der Waals surface area (Å²) in [6.45, 7) is 3.16. The second-order valence-corrected chi connectivity index (χ2v) is 4.71. The van der Waals surface area contributed by atoms with Gasteiger partial charge in [-0.05, 0) is 25.3 Å². The first-order valence-corrected chi connectivity index (χ1v) is 6.18. The number of thiophene rings is 1. The van der Waals surface area contributed by atoms with Crippen LogP contribution in [-0.4, -0.2) is 35.6 Å². The van der Waals surface area contributed by atoms with Crippen molar-refractivity contribution in [2.24, 2.45) is 0 Å². The molecule has 1 aromatic heterocycles. The molecular formula is C11H16N2O3S. The summed E-state index contributed by atoms with van der Waals surface area (Å²) in [7, 11) is 0. The minimum atomic E-state index is -0.626. The van der Waals surface area contributed by atoms with E-state index in [-0.39, 0.29) is 24.5 Å². The summed E-state index contributed by atoms with van der Waals surface area (Å²) in [6, 6.07) is 2.53. The molecule has 0 saturated heterocycles. The van der Waals surface area contributed by atoms with Gasteiger partial charge in [-0.15, -0.1) is 11.3 Å². The van der Waals surface area contributed by atoms with Crippen LogP contribution in [0.2, 0.25) is 0 Å². The molecule has 0 aliphatic heterocycles. The van der Waals surface area contributed by atoms with E-state index in [0.717, 1.165) is 0 Å². The number of aliphatic hydroxyl groups excluding tert-OH is 1. The van der Waals surface area contributed by atoms with Gasteiger partial charge in [0.15, 0.2) is 0 Å². The number of nitrogens with one attached hydrogen (secondary N) is 2. The maximum absolute atomic E-state index is 11.6. The molecule has 0 aliphatic rings. The second kappa shape index (κ2) is 6.36. The fourth-order valence-corrected chi connectivity index (χ4v) is 1.78. The zero-order valence-electron chi connectivity index (χ0n) is 9.77. The highest BCUT2D eigenvalue weighted by molar-refractivity contribution is 7.12. The van der Waals surface area contributed by atoms with E-state index in [2.05, 4.69) is 10.6 Å². The first-order chi connectivity index (χ1) is 8.04. The SMILES string of the molecule is CC(NC(=O)c1cccs1)C(=O)N[C@@H](C)CO.